The van der Waals surface area contributed by atoms with Gasteiger partial charge in [0.15, 0.2) is 0 Å². The predicted molar refractivity (Wildman–Crippen MR) is 121 cm³/mol. The van der Waals surface area contributed by atoms with Crippen molar-refractivity contribution in [1.82, 2.24) is 9.78 Å². The standard InChI is InChI=1S/C25H28F3N3O2/c1-4-22-21(14-24(32)33)23(5-2)31(30-22)16(3)18-8-6-17(7-9-18)15-29-20-12-10-19(11-13-20)25(26,27)28/h6-13,16,29H,4-5,14-15H2,1-3H3,(H,32,33). The first kappa shape index (κ1) is 24.4. The minimum Gasteiger partial charge on any atom is -0.481 e. The number of rotatable bonds is 9. The van der Waals surface area contributed by atoms with Crippen molar-refractivity contribution in [1.29, 1.82) is 0 Å². The average molecular weight is 460 g/mol. The Bertz CT molecular complexity index is 1090. The van der Waals surface area contributed by atoms with Gasteiger partial charge in [-0.1, -0.05) is 38.1 Å². The summed E-state index contributed by atoms with van der Waals surface area (Å²) >= 11 is 0. The monoisotopic (exact) mass is 459 g/mol. The molecule has 0 aliphatic heterocycles. The molecular formula is C25H28F3N3O2. The first-order chi connectivity index (χ1) is 15.6. The van der Waals surface area contributed by atoms with Crippen molar-refractivity contribution in [3.05, 3.63) is 82.2 Å². The molecule has 0 amide bonds. The molecule has 1 unspecified atom stereocenters. The molecule has 1 aromatic heterocycles. The lowest BCUT2D eigenvalue weighted by Gasteiger charge is -2.17. The van der Waals surface area contributed by atoms with E-state index >= 15 is 0 Å². The van der Waals surface area contributed by atoms with E-state index in [0.29, 0.717) is 25.1 Å². The van der Waals surface area contributed by atoms with Crippen LogP contribution in [-0.4, -0.2) is 20.9 Å². The van der Waals surface area contributed by atoms with E-state index in [9.17, 15) is 23.1 Å². The normalized spacial score (nSPS) is 12.5. The van der Waals surface area contributed by atoms with E-state index in [1.165, 1.54) is 12.1 Å². The van der Waals surface area contributed by atoms with Gasteiger partial charge < -0.3 is 10.4 Å². The Labute approximate surface area is 191 Å². The molecule has 3 rings (SSSR count). The maximum atomic E-state index is 12.7. The number of hydrogen-bond donors (Lipinski definition) is 2. The fraction of sp³-hybridized carbons (Fsp3) is 0.360. The fourth-order valence-electron chi connectivity index (χ4n) is 3.93. The van der Waals surface area contributed by atoms with Gasteiger partial charge in [-0.3, -0.25) is 9.48 Å². The summed E-state index contributed by atoms with van der Waals surface area (Å²) in [6.45, 7) is 6.48. The maximum absolute atomic E-state index is 12.7. The quantitative estimate of drug-likeness (QED) is 0.420. The number of carboxylic acids is 1. The summed E-state index contributed by atoms with van der Waals surface area (Å²) in [6.07, 6.45) is -3.02. The lowest BCUT2D eigenvalue weighted by atomic mass is 10.0. The van der Waals surface area contributed by atoms with E-state index in [0.717, 1.165) is 40.2 Å². The molecule has 3 aromatic rings. The van der Waals surface area contributed by atoms with Gasteiger partial charge in [-0.2, -0.15) is 18.3 Å². The Morgan fingerprint density at radius 3 is 2.21 bits per heavy atom. The zero-order valence-electron chi connectivity index (χ0n) is 18.9. The summed E-state index contributed by atoms with van der Waals surface area (Å²) in [4.78, 5) is 11.3. The number of carboxylic acid groups (broad SMARTS) is 1. The number of aryl methyl sites for hydroxylation is 1. The largest absolute Gasteiger partial charge is 0.481 e. The molecule has 0 aliphatic carbocycles. The van der Waals surface area contributed by atoms with Crippen molar-refractivity contribution in [3.63, 3.8) is 0 Å². The number of benzene rings is 2. The van der Waals surface area contributed by atoms with Crippen molar-refractivity contribution in [3.8, 4) is 0 Å². The molecule has 0 fully saturated rings. The number of nitrogens with zero attached hydrogens (tertiary/aromatic N) is 2. The summed E-state index contributed by atoms with van der Waals surface area (Å²) in [5.41, 5.74) is 4.53. The van der Waals surface area contributed by atoms with Crippen LogP contribution in [0.15, 0.2) is 48.5 Å². The zero-order valence-corrected chi connectivity index (χ0v) is 18.9. The topological polar surface area (TPSA) is 67.2 Å². The highest BCUT2D eigenvalue weighted by Gasteiger charge is 2.29. The van der Waals surface area contributed by atoms with Crippen LogP contribution in [0.5, 0.6) is 0 Å². The number of hydrogen-bond acceptors (Lipinski definition) is 3. The highest BCUT2D eigenvalue weighted by atomic mass is 19.4. The third kappa shape index (κ3) is 5.74. The molecular weight excluding hydrogens is 431 g/mol. The second kappa shape index (κ2) is 10.1. The van der Waals surface area contributed by atoms with Crippen LogP contribution in [-0.2, 0) is 36.8 Å². The molecule has 2 aromatic carbocycles. The van der Waals surface area contributed by atoms with Gasteiger partial charge in [0, 0.05) is 23.5 Å². The van der Waals surface area contributed by atoms with E-state index in [1.54, 1.807) is 0 Å². The van der Waals surface area contributed by atoms with Gasteiger partial charge in [0.2, 0.25) is 0 Å². The highest BCUT2D eigenvalue weighted by Crippen LogP contribution is 2.30. The summed E-state index contributed by atoms with van der Waals surface area (Å²) in [6, 6.07) is 12.8. The number of aliphatic carboxylic acids is 1. The molecule has 0 aliphatic rings. The lowest BCUT2D eigenvalue weighted by Crippen LogP contribution is -2.13. The molecule has 0 saturated heterocycles. The molecule has 0 bridgehead atoms. The van der Waals surface area contributed by atoms with Crippen molar-refractivity contribution in [2.75, 3.05) is 5.32 Å². The maximum Gasteiger partial charge on any atom is 0.416 e. The Hall–Kier alpha value is -3.29. The van der Waals surface area contributed by atoms with E-state index < -0.39 is 17.7 Å². The van der Waals surface area contributed by atoms with Crippen molar-refractivity contribution in [2.45, 2.75) is 58.8 Å². The molecule has 8 heteroatoms. The van der Waals surface area contributed by atoms with E-state index in [4.69, 9.17) is 5.10 Å². The number of halogens is 3. The summed E-state index contributed by atoms with van der Waals surface area (Å²) in [7, 11) is 0. The van der Waals surface area contributed by atoms with Crippen LogP contribution in [0.25, 0.3) is 0 Å². The smallest absolute Gasteiger partial charge is 0.416 e. The van der Waals surface area contributed by atoms with Crippen molar-refractivity contribution in [2.24, 2.45) is 0 Å². The Kier molecular flexibility index (Phi) is 7.46. The minimum atomic E-state index is -4.34. The van der Waals surface area contributed by atoms with Crippen LogP contribution >= 0.6 is 0 Å². The molecule has 176 valence electrons. The van der Waals surface area contributed by atoms with Gasteiger partial charge in [0.25, 0.3) is 0 Å². The average Bonchev–Trinajstić information content (AvgIpc) is 3.13. The molecule has 0 radical (unpaired) electrons. The SMILES string of the molecule is CCc1nn(C(C)c2ccc(CNc3ccc(C(F)(F)F)cc3)cc2)c(CC)c1CC(=O)O. The first-order valence-corrected chi connectivity index (χ1v) is 10.9. The molecule has 5 nitrogen and oxygen atoms in total. The van der Waals surface area contributed by atoms with Crippen LogP contribution in [0.2, 0.25) is 0 Å². The molecule has 1 atom stereocenters. The van der Waals surface area contributed by atoms with Gasteiger partial charge in [-0.15, -0.1) is 0 Å². The summed E-state index contributed by atoms with van der Waals surface area (Å²) in [5.74, 6) is -0.864. The van der Waals surface area contributed by atoms with Crippen LogP contribution in [0.1, 0.15) is 60.5 Å². The number of nitrogens with one attached hydrogen (secondary N) is 1. The van der Waals surface area contributed by atoms with Crippen LogP contribution in [0.3, 0.4) is 0 Å². The fourth-order valence-corrected chi connectivity index (χ4v) is 3.93. The second-order valence-electron chi connectivity index (χ2n) is 7.94. The Morgan fingerprint density at radius 1 is 1.06 bits per heavy atom. The third-order valence-electron chi connectivity index (χ3n) is 5.74. The molecule has 1 heterocycles. The molecule has 0 spiro atoms. The Balaban J connectivity index is 1.72. The minimum absolute atomic E-state index is 0.0341. The first-order valence-electron chi connectivity index (χ1n) is 10.9. The van der Waals surface area contributed by atoms with Gasteiger partial charge in [0.05, 0.1) is 23.7 Å². The van der Waals surface area contributed by atoms with Crippen LogP contribution < -0.4 is 5.32 Å². The van der Waals surface area contributed by atoms with Crippen LogP contribution in [0, 0.1) is 0 Å². The number of anilines is 1. The van der Waals surface area contributed by atoms with Crippen molar-refractivity contribution < 1.29 is 23.1 Å². The number of aromatic nitrogens is 2. The lowest BCUT2D eigenvalue weighted by molar-refractivity contribution is -0.138. The highest BCUT2D eigenvalue weighted by molar-refractivity contribution is 5.71. The van der Waals surface area contributed by atoms with E-state index in [-0.39, 0.29) is 12.5 Å². The van der Waals surface area contributed by atoms with Crippen LogP contribution in [0.4, 0.5) is 18.9 Å². The van der Waals surface area contributed by atoms with Crippen molar-refractivity contribution >= 4 is 11.7 Å². The van der Waals surface area contributed by atoms with E-state index in [2.05, 4.69) is 5.32 Å². The molecule has 0 saturated carbocycles. The zero-order chi connectivity index (χ0) is 24.2. The molecule has 2 N–H and O–H groups in total. The summed E-state index contributed by atoms with van der Waals surface area (Å²) in [5, 5.41) is 17.1. The van der Waals surface area contributed by atoms with Gasteiger partial charge >= 0.3 is 12.1 Å². The molecule has 33 heavy (non-hydrogen) atoms. The number of carbonyl (C=O) groups is 1. The number of alkyl halides is 3. The predicted octanol–water partition coefficient (Wildman–Crippen LogP) is 5.88. The second-order valence-corrected chi connectivity index (χ2v) is 7.94. The van der Waals surface area contributed by atoms with E-state index in [1.807, 2.05) is 49.7 Å². The van der Waals surface area contributed by atoms with Gasteiger partial charge in [-0.05, 0) is 55.2 Å². The summed E-state index contributed by atoms with van der Waals surface area (Å²) < 4.78 is 40.0. The Morgan fingerprint density at radius 2 is 1.70 bits per heavy atom. The third-order valence-corrected chi connectivity index (χ3v) is 5.74. The van der Waals surface area contributed by atoms with Gasteiger partial charge in [-0.25, -0.2) is 0 Å². The van der Waals surface area contributed by atoms with Gasteiger partial charge in [0.1, 0.15) is 0 Å².